The van der Waals surface area contributed by atoms with Gasteiger partial charge in [0.25, 0.3) is 0 Å². The maximum atomic E-state index is 13.2. The fourth-order valence-electron chi connectivity index (χ4n) is 4.24. The van der Waals surface area contributed by atoms with E-state index in [0.717, 1.165) is 28.9 Å². The van der Waals surface area contributed by atoms with E-state index in [0.29, 0.717) is 25.9 Å². The van der Waals surface area contributed by atoms with Crippen molar-refractivity contribution in [2.24, 2.45) is 5.14 Å². The van der Waals surface area contributed by atoms with Crippen LogP contribution < -0.4 is 14.9 Å². The molecule has 0 atom stereocenters. The SMILES string of the molecule is CN(C)S(=O)(=O)c1ccc2c(c1)CCCN2C(=O)CN1CCc2cc(S(N)(=O)=O)ccc21. The molecule has 32 heavy (non-hydrogen) atoms. The largest absolute Gasteiger partial charge is 0.362 e. The number of nitrogens with zero attached hydrogens (tertiary/aromatic N) is 3. The summed E-state index contributed by atoms with van der Waals surface area (Å²) in [4.78, 5) is 17.1. The van der Waals surface area contributed by atoms with Gasteiger partial charge in [-0.25, -0.2) is 26.3 Å². The molecule has 2 aliphatic rings. The summed E-state index contributed by atoms with van der Waals surface area (Å²) in [7, 11) is -4.34. The molecule has 9 nitrogen and oxygen atoms in total. The molecule has 172 valence electrons. The number of amides is 1. The zero-order valence-corrected chi connectivity index (χ0v) is 19.6. The van der Waals surface area contributed by atoms with Crippen molar-refractivity contribution in [2.75, 3.05) is 43.5 Å². The Morgan fingerprint density at radius 1 is 0.938 bits per heavy atom. The Morgan fingerprint density at radius 3 is 2.25 bits per heavy atom. The first-order valence-electron chi connectivity index (χ1n) is 10.2. The number of hydrogen-bond donors (Lipinski definition) is 1. The number of hydrogen-bond acceptors (Lipinski definition) is 6. The third kappa shape index (κ3) is 4.13. The molecule has 2 aliphatic heterocycles. The highest BCUT2D eigenvalue weighted by Gasteiger charge is 2.29. The Balaban J connectivity index is 1.56. The van der Waals surface area contributed by atoms with Crippen LogP contribution in [0.2, 0.25) is 0 Å². The number of nitrogens with two attached hydrogens (primary N) is 1. The lowest BCUT2D eigenvalue weighted by Gasteiger charge is -2.32. The first-order valence-corrected chi connectivity index (χ1v) is 13.2. The topological polar surface area (TPSA) is 121 Å². The normalized spacial score (nSPS) is 16.2. The number of rotatable bonds is 5. The van der Waals surface area contributed by atoms with Crippen molar-refractivity contribution in [3.8, 4) is 0 Å². The highest BCUT2D eigenvalue weighted by molar-refractivity contribution is 7.89. The molecule has 0 saturated heterocycles. The van der Waals surface area contributed by atoms with Gasteiger partial charge in [-0.3, -0.25) is 4.79 Å². The van der Waals surface area contributed by atoms with Crippen LogP contribution in [0.4, 0.5) is 11.4 Å². The van der Waals surface area contributed by atoms with E-state index in [1.54, 1.807) is 35.2 Å². The molecule has 2 N–H and O–H groups in total. The predicted octanol–water partition coefficient (Wildman–Crippen LogP) is 0.926. The Labute approximate surface area is 188 Å². The van der Waals surface area contributed by atoms with Gasteiger partial charge in [0, 0.05) is 38.6 Å². The van der Waals surface area contributed by atoms with Crippen molar-refractivity contribution in [1.82, 2.24) is 4.31 Å². The average Bonchev–Trinajstić information content (AvgIpc) is 3.14. The summed E-state index contributed by atoms with van der Waals surface area (Å²) in [5.41, 5.74) is 3.26. The minimum Gasteiger partial charge on any atom is -0.362 e. The fraction of sp³-hybridized carbons (Fsp3) is 0.381. The highest BCUT2D eigenvalue weighted by atomic mass is 32.2. The van der Waals surface area contributed by atoms with Gasteiger partial charge < -0.3 is 9.80 Å². The molecule has 4 rings (SSSR count). The van der Waals surface area contributed by atoms with E-state index in [-0.39, 0.29) is 22.2 Å². The van der Waals surface area contributed by atoms with Crippen LogP contribution in [0.15, 0.2) is 46.2 Å². The lowest BCUT2D eigenvalue weighted by molar-refractivity contribution is -0.117. The van der Waals surface area contributed by atoms with Crippen LogP contribution in [0.5, 0.6) is 0 Å². The predicted molar refractivity (Wildman–Crippen MR) is 122 cm³/mol. The molecule has 0 bridgehead atoms. The molecule has 1 amide bonds. The van der Waals surface area contributed by atoms with E-state index in [2.05, 4.69) is 0 Å². The molecule has 0 saturated carbocycles. The van der Waals surface area contributed by atoms with Gasteiger partial charge in [-0.05, 0) is 66.8 Å². The van der Waals surface area contributed by atoms with Crippen molar-refractivity contribution in [3.63, 3.8) is 0 Å². The smallest absolute Gasteiger partial charge is 0.246 e. The van der Waals surface area contributed by atoms with E-state index < -0.39 is 20.0 Å². The van der Waals surface area contributed by atoms with Gasteiger partial charge in [-0.15, -0.1) is 0 Å². The van der Waals surface area contributed by atoms with Gasteiger partial charge in [0.2, 0.25) is 26.0 Å². The number of sulfonamides is 2. The van der Waals surface area contributed by atoms with Crippen LogP contribution in [0.1, 0.15) is 17.5 Å². The van der Waals surface area contributed by atoms with Crippen molar-refractivity contribution in [2.45, 2.75) is 29.1 Å². The molecular weight excluding hydrogens is 452 g/mol. The first kappa shape index (κ1) is 22.7. The molecule has 0 unspecified atom stereocenters. The summed E-state index contributed by atoms with van der Waals surface area (Å²) in [6, 6.07) is 9.62. The molecule has 0 aromatic heterocycles. The number of anilines is 2. The monoisotopic (exact) mass is 478 g/mol. The molecule has 0 spiro atoms. The number of carbonyl (C=O) groups excluding carboxylic acids is 1. The van der Waals surface area contributed by atoms with Crippen LogP contribution in [0.3, 0.4) is 0 Å². The summed E-state index contributed by atoms with van der Waals surface area (Å²) in [5, 5.41) is 5.22. The Bertz CT molecular complexity index is 1290. The number of aryl methyl sites for hydroxylation is 1. The van der Waals surface area contributed by atoms with Gasteiger partial charge in [-0.1, -0.05) is 0 Å². The number of fused-ring (bicyclic) bond motifs is 2. The minimum absolute atomic E-state index is 0.0675. The third-order valence-electron chi connectivity index (χ3n) is 5.95. The average molecular weight is 479 g/mol. The maximum Gasteiger partial charge on any atom is 0.246 e. The second-order valence-electron chi connectivity index (χ2n) is 8.23. The van der Waals surface area contributed by atoms with Crippen molar-refractivity contribution in [1.29, 1.82) is 0 Å². The molecule has 2 aromatic carbocycles. The lowest BCUT2D eigenvalue weighted by Crippen LogP contribution is -2.42. The first-order chi connectivity index (χ1) is 15.0. The standard InChI is InChI=1S/C21H26N4O5S2/c1-23(2)32(29,30)18-6-8-20-15(13-18)4-3-10-25(20)21(26)14-24-11-9-16-12-17(31(22,27)28)5-7-19(16)24/h5-8,12-13H,3-4,9-11,14H2,1-2H3,(H2,22,27,28). The highest BCUT2D eigenvalue weighted by Crippen LogP contribution is 2.32. The summed E-state index contributed by atoms with van der Waals surface area (Å²) in [6.07, 6.45) is 2.09. The summed E-state index contributed by atoms with van der Waals surface area (Å²) < 4.78 is 49.3. The van der Waals surface area contributed by atoms with Gasteiger partial charge in [-0.2, -0.15) is 0 Å². The summed E-state index contributed by atoms with van der Waals surface area (Å²) in [5.74, 6) is -0.0856. The second kappa shape index (κ2) is 8.14. The van der Waals surface area contributed by atoms with Gasteiger partial charge >= 0.3 is 0 Å². The summed E-state index contributed by atoms with van der Waals surface area (Å²) >= 11 is 0. The molecule has 2 heterocycles. The van der Waals surface area contributed by atoms with Crippen LogP contribution in [0, 0.1) is 0 Å². The molecule has 0 fully saturated rings. The lowest BCUT2D eigenvalue weighted by atomic mass is 10.0. The van der Waals surface area contributed by atoms with Crippen molar-refractivity contribution < 1.29 is 21.6 Å². The van der Waals surface area contributed by atoms with Crippen molar-refractivity contribution >= 4 is 37.3 Å². The van der Waals surface area contributed by atoms with Gasteiger partial charge in [0.05, 0.1) is 16.3 Å². The van der Waals surface area contributed by atoms with E-state index in [9.17, 15) is 21.6 Å². The molecule has 0 aliphatic carbocycles. The molecule has 2 aromatic rings. The number of carbonyl (C=O) groups is 1. The third-order valence-corrected chi connectivity index (χ3v) is 8.67. The molecule has 0 radical (unpaired) electrons. The Hall–Kier alpha value is -2.47. The number of primary sulfonamides is 1. The quantitative estimate of drug-likeness (QED) is 0.682. The van der Waals surface area contributed by atoms with E-state index in [1.165, 1.54) is 24.5 Å². The van der Waals surface area contributed by atoms with E-state index in [4.69, 9.17) is 5.14 Å². The minimum atomic E-state index is -3.77. The van der Waals surface area contributed by atoms with Crippen LogP contribution in [-0.2, 0) is 37.7 Å². The van der Waals surface area contributed by atoms with Crippen molar-refractivity contribution in [3.05, 3.63) is 47.5 Å². The summed E-state index contributed by atoms with van der Waals surface area (Å²) in [6.45, 7) is 1.32. The Kier molecular flexibility index (Phi) is 5.78. The van der Waals surface area contributed by atoms with Gasteiger partial charge in [0.15, 0.2) is 0 Å². The van der Waals surface area contributed by atoms with E-state index >= 15 is 0 Å². The zero-order chi connectivity index (χ0) is 23.3. The zero-order valence-electron chi connectivity index (χ0n) is 18.0. The van der Waals surface area contributed by atoms with Crippen LogP contribution in [-0.4, -0.2) is 60.8 Å². The Morgan fingerprint density at radius 2 is 1.56 bits per heavy atom. The van der Waals surface area contributed by atoms with Gasteiger partial charge in [0.1, 0.15) is 0 Å². The molecular formula is C21H26N4O5S2. The van der Waals surface area contributed by atoms with E-state index in [1.807, 2.05) is 4.90 Å². The maximum absolute atomic E-state index is 13.2. The second-order valence-corrected chi connectivity index (χ2v) is 11.9. The fourth-order valence-corrected chi connectivity index (χ4v) is 5.76. The number of benzene rings is 2. The molecule has 11 heteroatoms. The van der Waals surface area contributed by atoms with Crippen LogP contribution in [0.25, 0.3) is 0 Å². The van der Waals surface area contributed by atoms with Crippen LogP contribution >= 0.6 is 0 Å².